The van der Waals surface area contributed by atoms with Gasteiger partial charge < -0.3 is 14.6 Å². The van der Waals surface area contributed by atoms with Crippen molar-refractivity contribution < 1.29 is 19.4 Å². The highest BCUT2D eigenvalue weighted by atomic mass is 16.5. The van der Waals surface area contributed by atoms with Crippen LogP contribution in [0, 0.1) is 0 Å². The largest absolute Gasteiger partial charge is 0.496 e. The zero-order valence-electron chi connectivity index (χ0n) is 18.8. The molecule has 168 valence electrons. The Labute approximate surface area is 198 Å². The molecule has 5 aromatic rings. The lowest BCUT2D eigenvalue weighted by molar-refractivity contribution is 0.112. The van der Waals surface area contributed by atoms with Gasteiger partial charge in [-0.2, -0.15) is 0 Å². The average molecular weight is 449 g/mol. The summed E-state index contributed by atoms with van der Waals surface area (Å²) in [5.74, 6) is 1.30. The molecule has 0 saturated heterocycles. The number of aliphatic hydroxyl groups is 1. The van der Waals surface area contributed by atoms with E-state index in [2.05, 4.69) is 18.2 Å². The van der Waals surface area contributed by atoms with Crippen LogP contribution >= 0.6 is 0 Å². The fraction of sp³-hybridized carbons (Fsp3) is 0.100. The first-order valence-electron chi connectivity index (χ1n) is 11.1. The van der Waals surface area contributed by atoms with Crippen molar-refractivity contribution in [3.05, 3.63) is 108 Å². The lowest BCUT2D eigenvalue weighted by atomic mass is 9.90. The molecule has 5 aromatic carbocycles. The Morgan fingerprint density at radius 1 is 0.765 bits per heavy atom. The second-order valence-electron chi connectivity index (χ2n) is 8.09. The van der Waals surface area contributed by atoms with Crippen LogP contribution in [0.5, 0.6) is 11.5 Å². The third-order valence-electron chi connectivity index (χ3n) is 6.16. The second-order valence-corrected chi connectivity index (χ2v) is 8.09. The summed E-state index contributed by atoms with van der Waals surface area (Å²) in [5, 5.41) is 14.2. The van der Waals surface area contributed by atoms with Crippen molar-refractivity contribution in [2.45, 2.75) is 13.2 Å². The number of carbonyl (C=O) groups is 1. The zero-order valence-corrected chi connectivity index (χ0v) is 18.8. The van der Waals surface area contributed by atoms with Gasteiger partial charge in [0.2, 0.25) is 0 Å². The first kappa shape index (κ1) is 21.7. The van der Waals surface area contributed by atoms with Crippen LogP contribution < -0.4 is 9.47 Å². The monoisotopic (exact) mass is 448 g/mol. The SMILES string of the molecule is COc1c(CO)cc2ccccc2c1-c1c(OCc2ccccc2C=O)ccc2ccccc12. The molecule has 0 aliphatic heterocycles. The van der Waals surface area contributed by atoms with Crippen LogP contribution in [0.2, 0.25) is 0 Å². The number of aliphatic hydroxyl groups excluding tert-OH is 1. The summed E-state index contributed by atoms with van der Waals surface area (Å²) in [6, 6.07) is 29.6. The van der Waals surface area contributed by atoms with Crippen molar-refractivity contribution in [1.29, 1.82) is 0 Å². The number of ether oxygens (including phenoxy) is 2. The topological polar surface area (TPSA) is 55.8 Å². The molecule has 5 rings (SSSR count). The number of benzene rings is 5. The number of methoxy groups -OCH3 is 1. The van der Waals surface area contributed by atoms with Gasteiger partial charge in [0.25, 0.3) is 0 Å². The molecule has 4 nitrogen and oxygen atoms in total. The van der Waals surface area contributed by atoms with Crippen molar-refractivity contribution in [3.8, 4) is 22.6 Å². The second kappa shape index (κ2) is 9.38. The normalized spacial score (nSPS) is 11.0. The van der Waals surface area contributed by atoms with Crippen molar-refractivity contribution in [2.75, 3.05) is 7.11 Å². The Morgan fingerprint density at radius 3 is 2.18 bits per heavy atom. The molecule has 0 aliphatic carbocycles. The molecule has 0 aliphatic rings. The smallest absolute Gasteiger partial charge is 0.150 e. The molecule has 0 heterocycles. The number of carbonyl (C=O) groups excluding carboxylic acids is 1. The highest BCUT2D eigenvalue weighted by Crippen LogP contribution is 2.47. The maximum Gasteiger partial charge on any atom is 0.150 e. The number of hydrogen-bond acceptors (Lipinski definition) is 4. The van der Waals surface area contributed by atoms with Gasteiger partial charge in [0.1, 0.15) is 24.4 Å². The minimum absolute atomic E-state index is 0.144. The van der Waals surface area contributed by atoms with Crippen molar-refractivity contribution in [1.82, 2.24) is 0 Å². The van der Waals surface area contributed by atoms with Crippen molar-refractivity contribution >= 4 is 27.8 Å². The fourth-order valence-electron chi connectivity index (χ4n) is 4.55. The maximum absolute atomic E-state index is 11.5. The molecule has 34 heavy (non-hydrogen) atoms. The highest BCUT2D eigenvalue weighted by Gasteiger charge is 2.21. The molecule has 0 atom stereocenters. The minimum Gasteiger partial charge on any atom is -0.496 e. The summed E-state index contributed by atoms with van der Waals surface area (Å²) in [6.07, 6.45) is 0.848. The van der Waals surface area contributed by atoms with Gasteiger partial charge in [-0.25, -0.2) is 0 Å². The van der Waals surface area contributed by atoms with Crippen LogP contribution in [0.15, 0.2) is 91.0 Å². The molecule has 0 spiro atoms. The molecular weight excluding hydrogens is 424 g/mol. The standard InChI is InChI=1S/C30H24O4/c1-33-30-24(18-32)16-21-9-5-7-13-26(21)29(30)28-25-12-6-4-8-20(25)14-15-27(28)34-19-23-11-3-2-10-22(23)17-31/h2-17,32H,18-19H2,1H3. The van der Waals surface area contributed by atoms with E-state index in [1.165, 1.54) is 0 Å². The van der Waals surface area contributed by atoms with E-state index in [1.807, 2.05) is 66.7 Å². The molecular formula is C30H24O4. The summed E-state index contributed by atoms with van der Waals surface area (Å²) in [7, 11) is 1.62. The van der Waals surface area contributed by atoms with Crippen LogP contribution in [-0.4, -0.2) is 18.5 Å². The fourth-order valence-corrected chi connectivity index (χ4v) is 4.55. The number of aldehydes is 1. The van der Waals surface area contributed by atoms with E-state index in [4.69, 9.17) is 9.47 Å². The van der Waals surface area contributed by atoms with Gasteiger partial charge in [-0.3, -0.25) is 4.79 Å². The summed E-state index contributed by atoms with van der Waals surface area (Å²) < 4.78 is 12.2. The predicted molar refractivity (Wildman–Crippen MR) is 136 cm³/mol. The molecule has 0 radical (unpaired) electrons. The van der Waals surface area contributed by atoms with E-state index in [1.54, 1.807) is 13.2 Å². The third-order valence-corrected chi connectivity index (χ3v) is 6.16. The van der Waals surface area contributed by atoms with Gasteiger partial charge in [0.05, 0.1) is 13.7 Å². The van der Waals surface area contributed by atoms with Gasteiger partial charge in [-0.05, 0) is 39.2 Å². The van der Waals surface area contributed by atoms with E-state index in [0.717, 1.165) is 44.5 Å². The maximum atomic E-state index is 11.5. The Bertz CT molecular complexity index is 1500. The first-order valence-corrected chi connectivity index (χ1v) is 11.1. The van der Waals surface area contributed by atoms with Crippen LogP contribution in [0.4, 0.5) is 0 Å². The lowest BCUT2D eigenvalue weighted by Gasteiger charge is -2.21. The van der Waals surface area contributed by atoms with Crippen LogP contribution in [0.3, 0.4) is 0 Å². The summed E-state index contributed by atoms with van der Waals surface area (Å²) in [4.78, 5) is 11.5. The Morgan fingerprint density at radius 2 is 1.44 bits per heavy atom. The summed E-state index contributed by atoms with van der Waals surface area (Å²) in [5.41, 5.74) is 3.90. The molecule has 0 bridgehead atoms. The van der Waals surface area contributed by atoms with Gasteiger partial charge in [0.15, 0.2) is 0 Å². The molecule has 0 saturated carbocycles. The van der Waals surface area contributed by atoms with Crippen LogP contribution in [0.1, 0.15) is 21.5 Å². The molecule has 0 fully saturated rings. The molecule has 0 amide bonds. The highest BCUT2D eigenvalue weighted by molar-refractivity contribution is 6.10. The van der Waals surface area contributed by atoms with E-state index in [9.17, 15) is 9.90 Å². The van der Waals surface area contributed by atoms with E-state index in [-0.39, 0.29) is 13.2 Å². The Kier molecular flexibility index (Phi) is 5.98. The van der Waals surface area contributed by atoms with Crippen molar-refractivity contribution in [2.24, 2.45) is 0 Å². The molecule has 4 heteroatoms. The van der Waals surface area contributed by atoms with E-state index in [0.29, 0.717) is 22.6 Å². The Balaban J connectivity index is 1.78. The first-order chi connectivity index (χ1) is 16.7. The number of rotatable bonds is 7. The summed E-state index contributed by atoms with van der Waals surface area (Å²) >= 11 is 0. The number of fused-ring (bicyclic) bond motifs is 2. The van der Waals surface area contributed by atoms with Gasteiger partial charge >= 0.3 is 0 Å². The molecule has 1 N–H and O–H groups in total. The Hall–Kier alpha value is -4.15. The summed E-state index contributed by atoms with van der Waals surface area (Å²) in [6.45, 7) is 0.106. The average Bonchev–Trinajstić information content (AvgIpc) is 2.90. The van der Waals surface area contributed by atoms with Crippen LogP contribution in [-0.2, 0) is 13.2 Å². The van der Waals surface area contributed by atoms with Gasteiger partial charge in [0, 0.05) is 22.3 Å². The van der Waals surface area contributed by atoms with E-state index >= 15 is 0 Å². The van der Waals surface area contributed by atoms with Gasteiger partial charge in [-0.1, -0.05) is 78.9 Å². The van der Waals surface area contributed by atoms with Crippen LogP contribution in [0.25, 0.3) is 32.7 Å². The quantitative estimate of drug-likeness (QED) is 0.287. The molecule has 0 unspecified atom stereocenters. The van der Waals surface area contributed by atoms with Gasteiger partial charge in [-0.15, -0.1) is 0 Å². The lowest BCUT2D eigenvalue weighted by Crippen LogP contribution is -2.02. The zero-order chi connectivity index (χ0) is 23.5. The minimum atomic E-state index is -0.144. The predicted octanol–water partition coefficient (Wildman–Crippen LogP) is 6.55. The number of hydrogen-bond donors (Lipinski definition) is 1. The van der Waals surface area contributed by atoms with Crippen molar-refractivity contribution in [3.63, 3.8) is 0 Å². The third kappa shape index (κ3) is 3.78. The molecule has 0 aromatic heterocycles. The van der Waals surface area contributed by atoms with E-state index < -0.39 is 0 Å².